The third kappa shape index (κ3) is 3.17. The van der Waals surface area contributed by atoms with E-state index in [0.29, 0.717) is 30.0 Å². The van der Waals surface area contributed by atoms with E-state index in [1.807, 2.05) is 48.6 Å². The zero-order chi connectivity index (χ0) is 19.8. The minimum Gasteiger partial charge on any atom is -0.377 e. The Kier molecular flexibility index (Phi) is 4.14. The quantitative estimate of drug-likeness (QED) is 0.647. The predicted molar refractivity (Wildman–Crippen MR) is 110 cm³/mol. The molecule has 6 heteroatoms. The van der Waals surface area contributed by atoms with Gasteiger partial charge in [0.25, 0.3) is 5.91 Å². The van der Waals surface area contributed by atoms with E-state index in [0.717, 1.165) is 28.9 Å². The maximum absolute atomic E-state index is 12.0. The van der Waals surface area contributed by atoms with Gasteiger partial charge in [-0.25, -0.2) is 9.97 Å². The maximum atomic E-state index is 12.0. The van der Waals surface area contributed by atoms with E-state index in [1.54, 1.807) is 18.3 Å². The van der Waals surface area contributed by atoms with Gasteiger partial charge in [-0.3, -0.25) is 4.79 Å². The van der Waals surface area contributed by atoms with Crippen LogP contribution in [0.25, 0.3) is 17.0 Å². The molecule has 0 fully saturated rings. The van der Waals surface area contributed by atoms with Gasteiger partial charge in [0.15, 0.2) is 5.82 Å². The highest BCUT2D eigenvalue weighted by atomic mass is 16.3. The summed E-state index contributed by atoms with van der Waals surface area (Å²) >= 11 is 0. The predicted octanol–water partition coefficient (Wildman–Crippen LogP) is 2.99. The Hall–Kier alpha value is -3.51. The molecule has 3 N–H and O–H groups in total. The van der Waals surface area contributed by atoms with Crippen molar-refractivity contribution in [2.75, 3.05) is 6.54 Å². The van der Waals surface area contributed by atoms with Crippen molar-refractivity contribution >= 4 is 11.5 Å². The van der Waals surface area contributed by atoms with Gasteiger partial charge in [-0.1, -0.05) is 42.5 Å². The second kappa shape index (κ2) is 6.83. The zero-order valence-corrected chi connectivity index (χ0v) is 15.7. The van der Waals surface area contributed by atoms with Gasteiger partial charge in [-0.05, 0) is 29.3 Å². The first-order valence-corrected chi connectivity index (χ1v) is 9.64. The summed E-state index contributed by atoms with van der Waals surface area (Å²) in [7, 11) is 0. The standard InChI is InChI=1S/C23H20N4O2/c28-21-17-14-20(26-18(17)8-12-24-21)19-9-13-25-22(27-19)23(29)10-6-16(7-11-23)15-4-2-1-3-5-15/h1-7,9-10,13-14,26,29H,8,11-12H2,(H,24,28). The molecule has 6 nitrogen and oxygen atoms in total. The van der Waals surface area contributed by atoms with E-state index in [2.05, 4.69) is 20.3 Å². The highest BCUT2D eigenvalue weighted by molar-refractivity contribution is 5.97. The average Bonchev–Trinajstić information content (AvgIpc) is 3.21. The molecule has 3 heterocycles. The van der Waals surface area contributed by atoms with Crippen LogP contribution >= 0.6 is 0 Å². The minimum absolute atomic E-state index is 0.0737. The molecule has 1 aliphatic heterocycles. The van der Waals surface area contributed by atoms with Crippen molar-refractivity contribution in [2.45, 2.75) is 18.4 Å². The van der Waals surface area contributed by atoms with E-state index in [-0.39, 0.29) is 5.91 Å². The Bertz CT molecular complexity index is 1150. The average molecular weight is 384 g/mol. The fraction of sp³-hybridized carbons (Fsp3) is 0.174. The smallest absolute Gasteiger partial charge is 0.253 e. The van der Waals surface area contributed by atoms with Crippen LogP contribution in [0.2, 0.25) is 0 Å². The van der Waals surface area contributed by atoms with Gasteiger partial charge in [0.1, 0.15) is 5.60 Å². The van der Waals surface area contributed by atoms with E-state index < -0.39 is 5.60 Å². The van der Waals surface area contributed by atoms with Crippen LogP contribution in [0.5, 0.6) is 0 Å². The van der Waals surface area contributed by atoms with Crippen LogP contribution in [0, 0.1) is 0 Å². The van der Waals surface area contributed by atoms with Gasteiger partial charge >= 0.3 is 0 Å². The number of fused-ring (bicyclic) bond motifs is 1. The summed E-state index contributed by atoms with van der Waals surface area (Å²) in [4.78, 5) is 24.2. The number of amides is 1. The first kappa shape index (κ1) is 17.6. The molecule has 1 atom stereocenters. The van der Waals surface area contributed by atoms with Crippen LogP contribution in [-0.2, 0) is 12.0 Å². The molecule has 0 bridgehead atoms. The molecule has 3 aromatic rings. The summed E-state index contributed by atoms with van der Waals surface area (Å²) in [5.41, 5.74) is 3.87. The summed E-state index contributed by atoms with van der Waals surface area (Å²) in [6, 6.07) is 13.6. The number of nitrogens with zero attached hydrogens (tertiary/aromatic N) is 2. The van der Waals surface area contributed by atoms with Crippen molar-refractivity contribution in [3.05, 3.63) is 89.5 Å². The summed E-state index contributed by atoms with van der Waals surface area (Å²) in [6.45, 7) is 0.626. The number of benzene rings is 1. The number of H-pyrrole nitrogens is 1. The Morgan fingerprint density at radius 3 is 2.76 bits per heavy atom. The molecule has 1 aliphatic carbocycles. The molecule has 0 radical (unpaired) electrons. The van der Waals surface area contributed by atoms with Crippen LogP contribution in [0.15, 0.2) is 66.9 Å². The molecule has 0 saturated heterocycles. The molecule has 1 unspecified atom stereocenters. The molecule has 144 valence electrons. The Morgan fingerprint density at radius 1 is 1.14 bits per heavy atom. The van der Waals surface area contributed by atoms with Gasteiger partial charge in [0, 0.05) is 31.3 Å². The lowest BCUT2D eigenvalue weighted by Gasteiger charge is -2.25. The molecular formula is C23H20N4O2. The fourth-order valence-electron chi connectivity index (χ4n) is 3.79. The van der Waals surface area contributed by atoms with Crippen molar-refractivity contribution in [3.8, 4) is 11.4 Å². The molecule has 0 spiro atoms. The van der Waals surface area contributed by atoms with E-state index in [9.17, 15) is 9.90 Å². The number of rotatable bonds is 3. The summed E-state index contributed by atoms with van der Waals surface area (Å²) in [5, 5.41) is 14.0. The van der Waals surface area contributed by atoms with Crippen molar-refractivity contribution in [1.29, 1.82) is 0 Å². The molecule has 29 heavy (non-hydrogen) atoms. The van der Waals surface area contributed by atoms with Crippen molar-refractivity contribution in [3.63, 3.8) is 0 Å². The van der Waals surface area contributed by atoms with Crippen molar-refractivity contribution < 1.29 is 9.90 Å². The Morgan fingerprint density at radius 2 is 2.00 bits per heavy atom. The molecule has 1 aromatic carbocycles. The largest absolute Gasteiger partial charge is 0.377 e. The highest BCUT2D eigenvalue weighted by Gasteiger charge is 2.31. The number of carbonyl (C=O) groups is 1. The summed E-state index contributed by atoms with van der Waals surface area (Å²) in [6.07, 6.45) is 8.45. The number of aliphatic hydroxyl groups is 1. The zero-order valence-electron chi connectivity index (χ0n) is 15.7. The van der Waals surface area contributed by atoms with E-state index >= 15 is 0 Å². The first-order valence-electron chi connectivity index (χ1n) is 9.64. The van der Waals surface area contributed by atoms with Crippen LogP contribution < -0.4 is 5.32 Å². The second-order valence-corrected chi connectivity index (χ2v) is 7.33. The van der Waals surface area contributed by atoms with Crippen LogP contribution in [0.1, 0.15) is 33.9 Å². The van der Waals surface area contributed by atoms with Crippen LogP contribution in [-0.4, -0.2) is 32.5 Å². The van der Waals surface area contributed by atoms with Gasteiger partial charge in [0.05, 0.1) is 17.0 Å². The third-order valence-corrected chi connectivity index (χ3v) is 5.40. The molecule has 2 aliphatic rings. The van der Waals surface area contributed by atoms with Gasteiger partial charge in [0.2, 0.25) is 0 Å². The number of aromatic amines is 1. The molecule has 0 saturated carbocycles. The van der Waals surface area contributed by atoms with Gasteiger partial charge < -0.3 is 15.4 Å². The fourth-order valence-corrected chi connectivity index (χ4v) is 3.79. The highest BCUT2D eigenvalue weighted by Crippen LogP contribution is 2.33. The lowest BCUT2D eigenvalue weighted by Crippen LogP contribution is -2.31. The van der Waals surface area contributed by atoms with Crippen molar-refractivity contribution in [1.82, 2.24) is 20.3 Å². The Balaban J connectivity index is 1.44. The summed E-state index contributed by atoms with van der Waals surface area (Å²) < 4.78 is 0. The molecule has 5 rings (SSSR count). The second-order valence-electron chi connectivity index (χ2n) is 7.33. The third-order valence-electron chi connectivity index (χ3n) is 5.40. The number of hydrogen-bond donors (Lipinski definition) is 3. The molecule has 1 amide bonds. The molecular weight excluding hydrogens is 364 g/mol. The molecule has 2 aromatic heterocycles. The Labute approximate surface area is 168 Å². The topological polar surface area (TPSA) is 90.9 Å². The number of nitrogens with one attached hydrogen (secondary N) is 2. The number of allylic oxidation sites excluding steroid dienone is 2. The maximum Gasteiger partial charge on any atom is 0.253 e. The van der Waals surface area contributed by atoms with E-state index in [1.165, 1.54) is 0 Å². The SMILES string of the molecule is O=C1NCCc2[nH]c(-c3ccnc(C4(O)C=CC(c5ccccc5)=CC4)n3)cc21. The van der Waals surface area contributed by atoms with Crippen LogP contribution in [0.3, 0.4) is 0 Å². The normalized spacial score (nSPS) is 20.7. The lowest BCUT2D eigenvalue weighted by molar-refractivity contribution is 0.0822. The van der Waals surface area contributed by atoms with E-state index in [4.69, 9.17) is 0 Å². The van der Waals surface area contributed by atoms with Gasteiger partial charge in [-0.2, -0.15) is 0 Å². The first-order chi connectivity index (χ1) is 14.1. The van der Waals surface area contributed by atoms with Crippen LogP contribution in [0.4, 0.5) is 0 Å². The minimum atomic E-state index is -1.27. The van der Waals surface area contributed by atoms with Gasteiger partial charge in [-0.15, -0.1) is 0 Å². The van der Waals surface area contributed by atoms with Crippen molar-refractivity contribution in [2.24, 2.45) is 0 Å². The lowest BCUT2D eigenvalue weighted by atomic mass is 9.89. The number of carbonyl (C=O) groups excluding carboxylic acids is 1. The summed E-state index contributed by atoms with van der Waals surface area (Å²) in [5.74, 6) is 0.266. The number of hydrogen-bond acceptors (Lipinski definition) is 4. The number of aromatic nitrogens is 3. The monoisotopic (exact) mass is 384 g/mol.